The molecule has 18 heavy (non-hydrogen) atoms. The average Bonchev–Trinajstić information content (AvgIpc) is 2.75. The van der Waals surface area contributed by atoms with Gasteiger partial charge in [0.05, 0.1) is 6.04 Å². The lowest BCUT2D eigenvalue weighted by atomic mass is 10.1. The molecule has 2 aromatic rings. The van der Waals surface area contributed by atoms with Crippen molar-refractivity contribution in [3.05, 3.63) is 53.6 Å². The van der Waals surface area contributed by atoms with E-state index in [0.29, 0.717) is 0 Å². The molecule has 3 nitrogen and oxygen atoms in total. The molecule has 96 valence electrons. The van der Waals surface area contributed by atoms with Gasteiger partial charge in [-0.25, -0.2) is 4.98 Å². The van der Waals surface area contributed by atoms with E-state index in [1.54, 1.807) is 0 Å². The summed E-state index contributed by atoms with van der Waals surface area (Å²) >= 11 is 0. The van der Waals surface area contributed by atoms with Gasteiger partial charge in [0.2, 0.25) is 0 Å². The van der Waals surface area contributed by atoms with Crippen molar-refractivity contribution in [2.24, 2.45) is 7.05 Å². The second-order valence-corrected chi connectivity index (χ2v) is 4.81. The van der Waals surface area contributed by atoms with Gasteiger partial charge in [-0.15, -0.1) is 0 Å². The Hall–Kier alpha value is -1.61. The van der Waals surface area contributed by atoms with E-state index in [0.717, 1.165) is 18.8 Å². The van der Waals surface area contributed by atoms with Gasteiger partial charge >= 0.3 is 0 Å². The molecule has 0 spiro atoms. The highest BCUT2D eigenvalue weighted by Gasteiger charge is 2.08. The maximum atomic E-state index is 4.36. The molecule has 3 heteroatoms. The molecule has 1 heterocycles. The molecule has 0 saturated carbocycles. The highest BCUT2D eigenvalue weighted by atomic mass is 15.1. The second-order valence-electron chi connectivity index (χ2n) is 4.81. The van der Waals surface area contributed by atoms with Crippen molar-refractivity contribution in [3.63, 3.8) is 0 Å². The Kier molecular flexibility index (Phi) is 4.15. The van der Waals surface area contributed by atoms with Crippen LogP contribution in [-0.4, -0.2) is 16.1 Å². The second kappa shape index (κ2) is 5.83. The van der Waals surface area contributed by atoms with Gasteiger partial charge < -0.3 is 9.88 Å². The third-order valence-corrected chi connectivity index (χ3v) is 3.19. The minimum atomic E-state index is 0.287. The van der Waals surface area contributed by atoms with Gasteiger partial charge in [0.1, 0.15) is 5.82 Å². The molecule has 1 N–H and O–H groups in total. The van der Waals surface area contributed by atoms with E-state index in [2.05, 4.69) is 53.0 Å². The van der Waals surface area contributed by atoms with Crippen LogP contribution < -0.4 is 5.32 Å². The van der Waals surface area contributed by atoms with Gasteiger partial charge in [0.25, 0.3) is 0 Å². The molecule has 0 aliphatic carbocycles. The van der Waals surface area contributed by atoms with Crippen molar-refractivity contribution in [3.8, 4) is 0 Å². The molecule has 0 aliphatic heterocycles. The van der Waals surface area contributed by atoms with E-state index in [1.165, 1.54) is 11.1 Å². The molecule has 0 aliphatic rings. The van der Waals surface area contributed by atoms with E-state index in [9.17, 15) is 0 Å². The highest BCUT2D eigenvalue weighted by molar-refractivity contribution is 5.22. The van der Waals surface area contributed by atoms with Gasteiger partial charge in [-0.2, -0.15) is 0 Å². The van der Waals surface area contributed by atoms with Crippen LogP contribution in [0.2, 0.25) is 0 Å². The third kappa shape index (κ3) is 3.20. The van der Waals surface area contributed by atoms with Crippen molar-refractivity contribution in [1.82, 2.24) is 14.9 Å². The Morgan fingerprint density at radius 2 is 2.22 bits per heavy atom. The molecule has 1 unspecified atom stereocenters. The first-order chi connectivity index (χ1) is 8.66. The van der Waals surface area contributed by atoms with Gasteiger partial charge in [-0.3, -0.25) is 0 Å². The zero-order valence-corrected chi connectivity index (χ0v) is 11.4. The summed E-state index contributed by atoms with van der Waals surface area (Å²) in [4.78, 5) is 4.36. The van der Waals surface area contributed by atoms with Crippen LogP contribution in [0.25, 0.3) is 0 Å². The molecule has 0 saturated heterocycles. The molecule has 0 bridgehead atoms. The van der Waals surface area contributed by atoms with Crippen molar-refractivity contribution < 1.29 is 0 Å². The molecule has 2 rings (SSSR count). The Bertz CT molecular complexity index is 502. The number of nitrogens with zero attached hydrogens (tertiary/aromatic N) is 2. The lowest BCUT2D eigenvalue weighted by Gasteiger charge is -2.13. The molecule has 0 radical (unpaired) electrons. The third-order valence-electron chi connectivity index (χ3n) is 3.19. The van der Waals surface area contributed by atoms with Gasteiger partial charge in [-0.05, 0) is 32.4 Å². The average molecular weight is 243 g/mol. The van der Waals surface area contributed by atoms with Crippen molar-refractivity contribution in [2.45, 2.75) is 26.3 Å². The van der Waals surface area contributed by atoms with E-state index < -0.39 is 0 Å². The zero-order valence-electron chi connectivity index (χ0n) is 11.4. The number of nitrogens with one attached hydrogen (secondary N) is 1. The number of rotatable bonds is 5. The predicted molar refractivity (Wildman–Crippen MR) is 74.5 cm³/mol. The van der Waals surface area contributed by atoms with E-state index in [4.69, 9.17) is 0 Å². The fourth-order valence-electron chi connectivity index (χ4n) is 2.19. The summed E-state index contributed by atoms with van der Waals surface area (Å²) < 4.78 is 2.06. The molecule has 0 amide bonds. The number of hydrogen-bond acceptors (Lipinski definition) is 2. The van der Waals surface area contributed by atoms with E-state index in [-0.39, 0.29) is 6.04 Å². The number of benzene rings is 1. The fraction of sp³-hybridized carbons (Fsp3) is 0.400. The van der Waals surface area contributed by atoms with Crippen LogP contribution in [0.3, 0.4) is 0 Å². The Morgan fingerprint density at radius 3 is 2.89 bits per heavy atom. The van der Waals surface area contributed by atoms with Crippen molar-refractivity contribution in [1.29, 1.82) is 0 Å². The first-order valence-corrected chi connectivity index (χ1v) is 6.43. The van der Waals surface area contributed by atoms with Crippen LogP contribution in [0, 0.1) is 6.92 Å². The monoisotopic (exact) mass is 243 g/mol. The Morgan fingerprint density at radius 1 is 1.39 bits per heavy atom. The minimum absolute atomic E-state index is 0.287. The Balaban J connectivity index is 1.84. The molecular formula is C15H21N3. The smallest absolute Gasteiger partial charge is 0.125 e. The number of imidazole rings is 1. The molecule has 0 fully saturated rings. The normalized spacial score (nSPS) is 12.6. The standard InChI is InChI=1S/C15H21N3/c1-12-5-4-6-14(11-12)7-8-16-13(2)15-17-9-10-18(15)3/h4-6,9-11,13,16H,7-8H2,1-3H3. The Labute approximate surface area is 109 Å². The predicted octanol–water partition coefficient (Wildman–Crippen LogP) is 2.62. The van der Waals surface area contributed by atoms with E-state index >= 15 is 0 Å². The molecule has 1 aromatic carbocycles. The zero-order chi connectivity index (χ0) is 13.0. The van der Waals surface area contributed by atoms with Crippen LogP contribution >= 0.6 is 0 Å². The molecular weight excluding hydrogens is 222 g/mol. The summed E-state index contributed by atoms with van der Waals surface area (Å²) in [6.07, 6.45) is 4.87. The first-order valence-electron chi connectivity index (χ1n) is 6.43. The highest BCUT2D eigenvalue weighted by Crippen LogP contribution is 2.09. The maximum absolute atomic E-state index is 4.36. The summed E-state index contributed by atoms with van der Waals surface area (Å²) in [5, 5.41) is 3.51. The van der Waals surface area contributed by atoms with E-state index in [1.807, 2.05) is 19.4 Å². The van der Waals surface area contributed by atoms with Crippen LogP contribution in [0.4, 0.5) is 0 Å². The van der Waals surface area contributed by atoms with Crippen LogP contribution in [-0.2, 0) is 13.5 Å². The van der Waals surface area contributed by atoms with Gasteiger partial charge in [0, 0.05) is 19.4 Å². The topological polar surface area (TPSA) is 29.9 Å². The fourth-order valence-corrected chi connectivity index (χ4v) is 2.19. The van der Waals surface area contributed by atoms with Crippen LogP contribution in [0.15, 0.2) is 36.7 Å². The number of aryl methyl sites for hydroxylation is 2. The molecule has 1 atom stereocenters. The summed E-state index contributed by atoms with van der Waals surface area (Å²) in [6, 6.07) is 8.96. The lowest BCUT2D eigenvalue weighted by molar-refractivity contribution is 0.533. The summed E-state index contributed by atoms with van der Waals surface area (Å²) in [5.41, 5.74) is 2.71. The SMILES string of the molecule is Cc1cccc(CCNC(C)c2nccn2C)c1. The summed E-state index contributed by atoms with van der Waals surface area (Å²) in [6.45, 7) is 5.25. The maximum Gasteiger partial charge on any atom is 0.125 e. The minimum Gasteiger partial charge on any atom is -0.337 e. The quantitative estimate of drug-likeness (QED) is 0.875. The van der Waals surface area contributed by atoms with Crippen molar-refractivity contribution >= 4 is 0 Å². The van der Waals surface area contributed by atoms with Crippen LogP contribution in [0.1, 0.15) is 29.9 Å². The largest absolute Gasteiger partial charge is 0.337 e. The molecule has 1 aromatic heterocycles. The summed E-state index contributed by atoms with van der Waals surface area (Å²) in [5.74, 6) is 1.08. The van der Waals surface area contributed by atoms with Crippen LogP contribution in [0.5, 0.6) is 0 Å². The lowest BCUT2D eigenvalue weighted by Crippen LogP contribution is -2.23. The first kappa shape index (κ1) is 12.8. The number of hydrogen-bond donors (Lipinski definition) is 1. The van der Waals surface area contributed by atoms with Gasteiger partial charge in [0.15, 0.2) is 0 Å². The van der Waals surface area contributed by atoms with Crippen molar-refractivity contribution in [2.75, 3.05) is 6.54 Å². The van der Waals surface area contributed by atoms with Gasteiger partial charge in [-0.1, -0.05) is 29.8 Å². The summed E-state index contributed by atoms with van der Waals surface area (Å²) in [7, 11) is 2.03. The number of aromatic nitrogens is 2.